The van der Waals surface area contributed by atoms with Gasteiger partial charge in [-0.25, -0.2) is 0 Å². The van der Waals surface area contributed by atoms with Crippen molar-refractivity contribution < 1.29 is 14.3 Å². The number of carbonyl (C=O) groups is 1. The Morgan fingerprint density at radius 1 is 1.17 bits per heavy atom. The minimum absolute atomic E-state index is 0.159. The van der Waals surface area contributed by atoms with E-state index in [9.17, 15) is 4.79 Å². The van der Waals surface area contributed by atoms with Crippen molar-refractivity contribution in [2.75, 3.05) is 19.8 Å². The van der Waals surface area contributed by atoms with Crippen LogP contribution in [0, 0.1) is 0 Å². The molecule has 5 heteroatoms. The molecule has 24 heavy (non-hydrogen) atoms. The lowest BCUT2D eigenvalue weighted by atomic mass is 9.87. The maximum atomic E-state index is 12.6. The standard InChI is InChI=1S/C19H26N2O3/c22-18(13-15-4-3-9-20-15)21-19(7-1-2-8-19)14-5-6-16-17(12-14)24-11-10-23-16/h5-6,12,15,20H,1-4,7-11,13H2,(H,21,22). The highest BCUT2D eigenvalue weighted by Crippen LogP contribution is 2.42. The van der Waals surface area contributed by atoms with Crippen LogP contribution >= 0.6 is 0 Å². The number of carbonyl (C=O) groups excluding carboxylic acids is 1. The third-order valence-electron chi connectivity index (χ3n) is 5.52. The SMILES string of the molecule is O=C(CC1CCCN1)NC1(c2ccc3c(c2)OCCO3)CCCC1. The molecule has 2 fully saturated rings. The molecule has 1 atom stereocenters. The Hall–Kier alpha value is -1.75. The summed E-state index contributed by atoms with van der Waals surface area (Å²) in [7, 11) is 0. The second kappa shape index (κ2) is 6.63. The summed E-state index contributed by atoms with van der Waals surface area (Å²) in [5, 5.41) is 6.78. The van der Waals surface area contributed by atoms with E-state index in [1.165, 1.54) is 6.42 Å². The van der Waals surface area contributed by atoms with Crippen molar-refractivity contribution >= 4 is 5.91 Å². The summed E-state index contributed by atoms with van der Waals surface area (Å²) in [6.45, 7) is 2.22. The second-order valence-electron chi connectivity index (χ2n) is 7.19. The van der Waals surface area contributed by atoms with Crippen LogP contribution in [0.5, 0.6) is 11.5 Å². The number of amides is 1. The summed E-state index contributed by atoms with van der Waals surface area (Å²) in [6, 6.07) is 6.47. The van der Waals surface area contributed by atoms with Crippen LogP contribution in [-0.4, -0.2) is 31.7 Å². The molecule has 0 spiro atoms. The van der Waals surface area contributed by atoms with Crippen LogP contribution in [0.4, 0.5) is 0 Å². The summed E-state index contributed by atoms with van der Waals surface area (Å²) >= 11 is 0. The van der Waals surface area contributed by atoms with Gasteiger partial charge in [-0.1, -0.05) is 18.9 Å². The maximum absolute atomic E-state index is 12.6. The molecule has 0 radical (unpaired) electrons. The average Bonchev–Trinajstić information content (AvgIpc) is 3.27. The van der Waals surface area contributed by atoms with Crippen molar-refractivity contribution in [1.82, 2.24) is 10.6 Å². The quantitative estimate of drug-likeness (QED) is 0.890. The van der Waals surface area contributed by atoms with E-state index in [-0.39, 0.29) is 11.4 Å². The lowest BCUT2D eigenvalue weighted by Gasteiger charge is -2.32. The molecular weight excluding hydrogens is 304 g/mol. The molecule has 1 aliphatic carbocycles. The third-order valence-corrected chi connectivity index (χ3v) is 5.52. The first-order valence-corrected chi connectivity index (χ1v) is 9.20. The van der Waals surface area contributed by atoms with Crippen LogP contribution < -0.4 is 20.1 Å². The molecule has 1 saturated carbocycles. The normalized spacial score (nSPS) is 24.8. The summed E-state index contributed by atoms with van der Waals surface area (Å²) in [5.74, 6) is 1.77. The van der Waals surface area contributed by atoms with Gasteiger partial charge in [-0.2, -0.15) is 0 Å². The van der Waals surface area contributed by atoms with E-state index in [4.69, 9.17) is 9.47 Å². The molecule has 1 aromatic carbocycles. The fourth-order valence-corrected chi connectivity index (χ4v) is 4.28. The van der Waals surface area contributed by atoms with Crippen molar-refractivity contribution in [2.24, 2.45) is 0 Å². The average molecular weight is 330 g/mol. The Balaban J connectivity index is 1.53. The number of hydrogen-bond donors (Lipinski definition) is 2. The highest BCUT2D eigenvalue weighted by molar-refractivity contribution is 5.78. The zero-order chi connectivity index (χ0) is 16.4. The fourth-order valence-electron chi connectivity index (χ4n) is 4.28. The lowest BCUT2D eigenvalue weighted by molar-refractivity contribution is -0.123. The van der Waals surface area contributed by atoms with Crippen LogP contribution in [0.15, 0.2) is 18.2 Å². The van der Waals surface area contributed by atoms with E-state index >= 15 is 0 Å². The molecule has 2 heterocycles. The topological polar surface area (TPSA) is 59.6 Å². The zero-order valence-corrected chi connectivity index (χ0v) is 14.1. The number of fused-ring (bicyclic) bond motifs is 1. The Bertz CT molecular complexity index is 605. The van der Waals surface area contributed by atoms with Crippen molar-refractivity contribution in [3.8, 4) is 11.5 Å². The van der Waals surface area contributed by atoms with Gasteiger partial charge in [-0.3, -0.25) is 4.79 Å². The smallest absolute Gasteiger partial charge is 0.222 e. The first kappa shape index (κ1) is 15.8. The molecule has 130 valence electrons. The highest BCUT2D eigenvalue weighted by atomic mass is 16.6. The van der Waals surface area contributed by atoms with Gasteiger partial charge in [0, 0.05) is 12.5 Å². The van der Waals surface area contributed by atoms with Gasteiger partial charge >= 0.3 is 0 Å². The molecule has 1 aromatic rings. The van der Waals surface area contributed by atoms with E-state index < -0.39 is 0 Å². The van der Waals surface area contributed by atoms with E-state index in [1.54, 1.807) is 0 Å². The van der Waals surface area contributed by atoms with Gasteiger partial charge in [-0.05, 0) is 49.9 Å². The molecular formula is C19H26N2O3. The Morgan fingerprint density at radius 3 is 2.71 bits per heavy atom. The molecule has 1 amide bonds. The molecule has 0 bridgehead atoms. The molecule has 2 aliphatic heterocycles. The largest absolute Gasteiger partial charge is 0.486 e. The Labute approximate surface area is 143 Å². The van der Waals surface area contributed by atoms with Crippen molar-refractivity contribution in [2.45, 2.75) is 56.5 Å². The van der Waals surface area contributed by atoms with Crippen molar-refractivity contribution in [3.63, 3.8) is 0 Å². The van der Waals surface area contributed by atoms with Crippen LogP contribution in [0.3, 0.4) is 0 Å². The van der Waals surface area contributed by atoms with Gasteiger partial charge in [0.2, 0.25) is 5.91 Å². The minimum atomic E-state index is -0.245. The fraction of sp³-hybridized carbons (Fsp3) is 0.632. The minimum Gasteiger partial charge on any atom is -0.486 e. The molecule has 0 aromatic heterocycles. The molecule has 1 unspecified atom stereocenters. The van der Waals surface area contributed by atoms with Crippen LogP contribution in [0.2, 0.25) is 0 Å². The number of nitrogens with one attached hydrogen (secondary N) is 2. The summed E-state index contributed by atoms with van der Waals surface area (Å²) in [5.41, 5.74) is 0.905. The van der Waals surface area contributed by atoms with Gasteiger partial charge in [0.1, 0.15) is 13.2 Å². The van der Waals surface area contributed by atoms with E-state index in [2.05, 4.69) is 22.8 Å². The zero-order valence-electron chi connectivity index (χ0n) is 14.1. The van der Waals surface area contributed by atoms with Crippen molar-refractivity contribution in [1.29, 1.82) is 0 Å². The van der Waals surface area contributed by atoms with Gasteiger partial charge in [0.05, 0.1) is 5.54 Å². The molecule has 3 aliphatic rings. The monoisotopic (exact) mass is 330 g/mol. The molecule has 5 nitrogen and oxygen atoms in total. The maximum Gasteiger partial charge on any atom is 0.222 e. The lowest BCUT2D eigenvalue weighted by Crippen LogP contribution is -2.45. The second-order valence-corrected chi connectivity index (χ2v) is 7.19. The first-order chi connectivity index (χ1) is 11.8. The van der Waals surface area contributed by atoms with Crippen LogP contribution in [0.25, 0.3) is 0 Å². The van der Waals surface area contributed by atoms with E-state index in [0.717, 1.165) is 55.7 Å². The number of benzene rings is 1. The van der Waals surface area contributed by atoms with Gasteiger partial charge in [-0.15, -0.1) is 0 Å². The third kappa shape index (κ3) is 3.09. The summed E-state index contributed by atoms with van der Waals surface area (Å²) in [6.07, 6.45) is 7.14. The molecule has 4 rings (SSSR count). The Morgan fingerprint density at radius 2 is 1.96 bits per heavy atom. The van der Waals surface area contributed by atoms with Gasteiger partial charge < -0.3 is 20.1 Å². The number of hydrogen-bond acceptors (Lipinski definition) is 4. The summed E-state index contributed by atoms with van der Waals surface area (Å²) < 4.78 is 11.4. The number of ether oxygens (including phenoxy) is 2. The summed E-state index contributed by atoms with van der Waals surface area (Å²) in [4.78, 5) is 12.6. The van der Waals surface area contributed by atoms with Gasteiger partial charge in [0.15, 0.2) is 11.5 Å². The van der Waals surface area contributed by atoms with Crippen molar-refractivity contribution in [3.05, 3.63) is 23.8 Å². The highest BCUT2D eigenvalue weighted by Gasteiger charge is 2.38. The van der Waals surface area contributed by atoms with Crippen LogP contribution in [0.1, 0.15) is 50.5 Å². The Kier molecular flexibility index (Phi) is 4.35. The predicted molar refractivity (Wildman–Crippen MR) is 91.4 cm³/mol. The molecule has 2 N–H and O–H groups in total. The van der Waals surface area contributed by atoms with E-state index in [0.29, 0.717) is 25.7 Å². The molecule has 1 saturated heterocycles. The van der Waals surface area contributed by atoms with E-state index in [1.807, 2.05) is 6.07 Å². The number of rotatable bonds is 4. The van der Waals surface area contributed by atoms with Gasteiger partial charge in [0.25, 0.3) is 0 Å². The first-order valence-electron chi connectivity index (χ1n) is 9.20. The predicted octanol–water partition coefficient (Wildman–Crippen LogP) is 2.49. The van der Waals surface area contributed by atoms with Crippen LogP contribution in [-0.2, 0) is 10.3 Å².